The normalized spacial score (nSPS) is 12.6. The third-order valence-corrected chi connectivity index (χ3v) is 5.78. The number of alkyl halides is 2. The fraction of sp³-hybridized carbons (Fsp3) is 0.200. The minimum absolute atomic E-state index is 0.176. The largest absolute Gasteiger partial charge is 0.333 e. The first-order valence-corrected chi connectivity index (χ1v) is 12.4. The van der Waals surface area contributed by atoms with Crippen molar-refractivity contribution in [3.63, 3.8) is 0 Å². The summed E-state index contributed by atoms with van der Waals surface area (Å²) in [5, 5.41) is 11.9. The molecule has 0 fully saturated rings. The van der Waals surface area contributed by atoms with E-state index in [9.17, 15) is 4.57 Å². The van der Waals surface area contributed by atoms with Gasteiger partial charge in [0.15, 0.2) is 5.65 Å². The third-order valence-electron chi connectivity index (χ3n) is 4.78. The Bertz CT molecular complexity index is 1510. The first-order valence-electron chi connectivity index (χ1n) is 9.59. The van der Waals surface area contributed by atoms with Gasteiger partial charge in [-0.25, -0.2) is 4.98 Å². The number of aromatic nitrogens is 8. The highest BCUT2D eigenvalue weighted by molar-refractivity contribution is 7.61. The number of fused-ring (bicyclic) bond motifs is 2. The summed E-state index contributed by atoms with van der Waals surface area (Å²) in [5.41, 5.74) is 1.57. The lowest BCUT2D eigenvalue weighted by atomic mass is 10.1. The van der Waals surface area contributed by atoms with Gasteiger partial charge < -0.3 is 9.13 Å². The zero-order valence-electron chi connectivity index (χ0n) is 17.1. The zero-order chi connectivity index (χ0) is 22.5. The predicted molar refractivity (Wildman–Crippen MR) is 114 cm³/mol. The lowest BCUT2D eigenvalue weighted by Gasteiger charge is -2.15. The molecule has 0 spiro atoms. The topological polar surface area (TPSA) is 104 Å². The lowest BCUT2D eigenvalue weighted by Crippen LogP contribution is -2.20. The molecule has 0 atom stereocenters. The SMILES string of the molecule is CP(C)(=O)Cn1cnc(-c2ccc3nnc(C(F)(F)c4ccc5nccnc5c4)n3n2)c1. The molecule has 9 nitrogen and oxygen atoms in total. The second-order valence-electron chi connectivity index (χ2n) is 7.83. The summed E-state index contributed by atoms with van der Waals surface area (Å²) in [6.07, 6.45) is 6.48. The van der Waals surface area contributed by atoms with Crippen LogP contribution < -0.4 is 0 Å². The number of rotatable bonds is 5. The molecule has 0 bridgehead atoms. The Morgan fingerprint density at radius 1 is 0.969 bits per heavy atom. The number of nitrogens with zero attached hydrogens (tertiary/aromatic N) is 8. The van der Waals surface area contributed by atoms with Crippen LogP contribution in [0.4, 0.5) is 8.78 Å². The van der Waals surface area contributed by atoms with E-state index in [1.165, 1.54) is 30.6 Å². The van der Waals surface area contributed by atoms with E-state index in [-0.39, 0.29) is 11.2 Å². The molecule has 0 saturated carbocycles. The van der Waals surface area contributed by atoms with Gasteiger partial charge >= 0.3 is 5.92 Å². The van der Waals surface area contributed by atoms with Crippen LogP contribution in [0.25, 0.3) is 28.1 Å². The van der Waals surface area contributed by atoms with Gasteiger partial charge in [-0.2, -0.15) is 18.4 Å². The van der Waals surface area contributed by atoms with Crippen molar-refractivity contribution in [2.45, 2.75) is 12.2 Å². The molecule has 0 aliphatic carbocycles. The van der Waals surface area contributed by atoms with Crippen LogP contribution in [0.3, 0.4) is 0 Å². The number of hydrogen-bond acceptors (Lipinski definition) is 7. The maximum absolute atomic E-state index is 15.4. The summed E-state index contributed by atoms with van der Waals surface area (Å²) in [6.45, 7) is 3.36. The highest BCUT2D eigenvalue weighted by Crippen LogP contribution is 2.38. The molecule has 0 radical (unpaired) electrons. The second-order valence-corrected chi connectivity index (χ2v) is 11.3. The van der Waals surface area contributed by atoms with E-state index in [0.717, 1.165) is 4.52 Å². The summed E-state index contributed by atoms with van der Waals surface area (Å²) in [5.74, 6) is -4.10. The fourth-order valence-corrected chi connectivity index (χ4v) is 4.31. The van der Waals surface area contributed by atoms with E-state index in [0.29, 0.717) is 28.7 Å². The highest BCUT2D eigenvalue weighted by Gasteiger charge is 2.40. The molecule has 4 aromatic heterocycles. The van der Waals surface area contributed by atoms with Gasteiger partial charge in [0.05, 0.1) is 23.6 Å². The third kappa shape index (κ3) is 3.64. The molecule has 1 aromatic carbocycles. The van der Waals surface area contributed by atoms with Crippen LogP contribution in [0.15, 0.2) is 55.2 Å². The molecule has 12 heteroatoms. The zero-order valence-corrected chi connectivity index (χ0v) is 18.0. The molecular formula is C20H17F2N8OP. The molecule has 0 aliphatic heterocycles. The molecule has 0 unspecified atom stereocenters. The van der Waals surface area contributed by atoms with E-state index in [1.807, 2.05) is 0 Å². The molecule has 5 aromatic rings. The number of benzene rings is 1. The molecular weight excluding hydrogens is 437 g/mol. The van der Waals surface area contributed by atoms with Crippen molar-refractivity contribution in [1.82, 2.24) is 39.3 Å². The Hall–Kier alpha value is -3.59. The standard InChI is InChI=1S/C20H17F2N8OP/c1-32(2,31)12-29-10-17(25-11-29)15-5-6-18-26-27-19(30(18)28-15)20(21,22)13-3-4-14-16(9-13)24-8-7-23-14/h3-11H,12H2,1-2H3. The van der Waals surface area contributed by atoms with Crippen LogP contribution in [0.5, 0.6) is 0 Å². The molecule has 4 heterocycles. The molecule has 0 aliphatic rings. The average molecular weight is 454 g/mol. The van der Waals surface area contributed by atoms with Crippen molar-refractivity contribution in [2.75, 3.05) is 13.3 Å². The summed E-state index contributed by atoms with van der Waals surface area (Å²) in [7, 11) is -2.31. The maximum Gasteiger partial charge on any atom is 0.333 e. The van der Waals surface area contributed by atoms with Crippen LogP contribution >= 0.6 is 7.14 Å². The van der Waals surface area contributed by atoms with Gasteiger partial charge in [-0.15, -0.1) is 10.2 Å². The van der Waals surface area contributed by atoms with E-state index in [2.05, 4.69) is 30.2 Å². The van der Waals surface area contributed by atoms with Crippen LogP contribution in [-0.4, -0.2) is 52.7 Å². The average Bonchev–Trinajstić information content (AvgIpc) is 3.39. The Morgan fingerprint density at radius 3 is 2.53 bits per heavy atom. The van der Waals surface area contributed by atoms with Crippen molar-refractivity contribution in [2.24, 2.45) is 0 Å². The summed E-state index contributed by atoms with van der Waals surface area (Å²) >= 11 is 0. The molecule has 0 N–H and O–H groups in total. The van der Waals surface area contributed by atoms with Gasteiger partial charge in [0.25, 0.3) is 0 Å². The number of halogens is 2. The fourth-order valence-electron chi connectivity index (χ4n) is 3.37. The highest BCUT2D eigenvalue weighted by atomic mass is 31.2. The summed E-state index contributed by atoms with van der Waals surface area (Å²) < 4.78 is 45.7. The predicted octanol–water partition coefficient (Wildman–Crippen LogP) is 3.65. The molecule has 0 saturated heterocycles. The van der Waals surface area contributed by atoms with Crippen LogP contribution in [0.1, 0.15) is 11.4 Å². The molecule has 32 heavy (non-hydrogen) atoms. The Balaban J connectivity index is 1.56. The minimum atomic E-state index is -3.48. The number of hydrogen-bond donors (Lipinski definition) is 0. The first kappa shape index (κ1) is 20.3. The van der Waals surface area contributed by atoms with Gasteiger partial charge in [-0.05, 0) is 37.6 Å². The quantitative estimate of drug-likeness (QED) is 0.374. The van der Waals surface area contributed by atoms with Crippen LogP contribution in [-0.2, 0) is 16.8 Å². The minimum Gasteiger partial charge on any atom is -0.329 e. The lowest BCUT2D eigenvalue weighted by molar-refractivity contribution is 0.0307. The number of imidazole rings is 1. The van der Waals surface area contributed by atoms with E-state index >= 15 is 8.78 Å². The monoisotopic (exact) mass is 454 g/mol. The maximum atomic E-state index is 15.4. The van der Waals surface area contributed by atoms with E-state index in [1.54, 1.807) is 42.6 Å². The molecule has 162 valence electrons. The van der Waals surface area contributed by atoms with Crippen LogP contribution in [0.2, 0.25) is 0 Å². The summed E-state index contributed by atoms with van der Waals surface area (Å²) in [6, 6.07) is 7.23. The first-order chi connectivity index (χ1) is 15.2. The van der Waals surface area contributed by atoms with E-state index in [4.69, 9.17) is 0 Å². The van der Waals surface area contributed by atoms with Crippen molar-refractivity contribution in [1.29, 1.82) is 0 Å². The van der Waals surface area contributed by atoms with Gasteiger partial charge in [0, 0.05) is 24.2 Å². The molecule has 0 amide bonds. The van der Waals surface area contributed by atoms with Crippen molar-refractivity contribution >= 4 is 23.8 Å². The van der Waals surface area contributed by atoms with Gasteiger partial charge in [-0.3, -0.25) is 9.97 Å². The Morgan fingerprint density at radius 2 is 1.75 bits per heavy atom. The van der Waals surface area contributed by atoms with Crippen LogP contribution in [0, 0.1) is 0 Å². The van der Waals surface area contributed by atoms with Gasteiger partial charge in [-0.1, -0.05) is 6.07 Å². The van der Waals surface area contributed by atoms with Gasteiger partial charge in [0.1, 0.15) is 18.5 Å². The van der Waals surface area contributed by atoms with Crippen molar-refractivity contribution < 1.29 is 13.3 Å². The molecule has 5 rings (SSSR count). The van der Waals surface area contributed by atoms with Crippen molar-refractivity contribution in [3.05, 3.63) is 66.6 Å². The second kappa shape index (κ2) is 7.23. The smallest absolute Gasteiger partial charge is 0.329 e. The Labute approximate surface area is 180 Å². The van der Waals surface area contributed by atoms with Crippen molar-refractivity contribution in [3.8, 4) is 11.4 Å². The van der Waals surface area contributed by atoms with Gasteiger partial charge in [0.2, 0.25) is 5.82 Å². The summed E-state index contributed by atoms with van der Waals surface area (Å²) in [4.78, 5) is 12.5. The Kier molecular flexibility index (Phi) is 4.59. The van der Waals surface area contributed by atoms with E-state index < -0.39 is 18.9 Å².